The van der Waals surface area contributed by atoms with E-state index in [0.29, 0.717) is 5.82 Å². The molecule has 42 heavy (non-hydrogen) atoms. The fourth-order valence-corrected chi connectivity index (χ4v) is 7.23. The highest BCUT2D eigenvalue weighted by Crippen LogP contribution is 2.38. The van der Waals surface area contributed by atoms with Gasteiger partial charge in [-0.15, -0.1) is 11.3 Å². The number of fused-ring (bicyclic) bond motifs is 4. The minimum Gasteiger partial charge on any atom is -0.256 e. The Morgan fingerprint density at radius 3 is 2.17 bits per heavy atom. The van der Waals surface area contributed by atoms with Crippen molar-refractivity contribution in [1.29, 1.82) is 0 Å². The number of thiophene rings is 1. The smallest absolute Gasteiger partial charge is 0.160 e. The van der Waals surface area contributed by atoms with Gasteiger partial charge in [-0.2, -0.15) is 0 Å². The summed E-state index contributed by atoms with van der Waals surface area (Å²) in [6.45, 7) is 0. The van der Waals surface area contributed by atoms with Crippen molar-refractivity contribution in [3.63, 3.8) is 0 Å². The van der Waals surface area contributed by atoms with Crippen molar-refractivity contribution in [2.45, 2.75) is 0 Å². The Morgan fingerprint density at radius 1 is 0.500 bits per heavy atom. The van der Waals surface area contributed by atoms with Gasteiger partial charge in [0.15, 0.2) is 5.82 Å². The minimum atomic E-state index is 0.704. The number of pyridine rings is 1. The molecule has 0 aliphatic heterocycles. The molecular weight excluding hydrogens is 598 g/mol. The van der Waals surface area contributed by atoms with Gasteiger partial charge < -0.3 is 0 Å². The van der Waals surface area contributed by atoms with E-state index in [2.05, 4.69) is 118 Å². The van der Waals surface area contributed by atoms with Crippen LogP contribution in [0.15, 0.2) is 138 Å². The monoisotopic (exact) mass is 619 g/mol. The summed E-state index contributed by atoms with van der Waals surface area (Å²) in [6.07, 6.45) is 1.84. The van der Waals surface area contributed by atoms with Crippen molar-refractivity contribution in [1.82, 2.24) is 15.0 Å². The summed E-state index contributed by atoms with van der Waals surface area (Å²) in [5, 5.41) is 3.69. The zero-order valence-corrected chi connectivity index (χ0v) is 24.7. The molecule has 3 heterocycles. The molecule has 0 bridgehead atoms. The van der Waals surface area contributed by atoms with Crippen LogP contribution in [0, 0.1) is 0 Å². The van der Waals surface area contributed by atoms with Gasteiger partial charge in [-0.3, -0.25) is 4.98 Å². The Kier molecular flexibility index (Phi) is 6.13. The maximum absolute atomic E-state index is 5.09. The molecule has 0 saturated carbocycles. The van der Waals surface area contributed by atoms with Crippen LogP contribution in [-0.4, -0.2) is 15.0 Å². The number of hydrogen-bond acceptors (Lipinski definition) is 4. The Bertz CT molecular complexity index is 2270. The minimum absolute atomic E-state index is 0.704. The molecule has 0 fully saturated rings. The van der Waals surface area contributed by atoms with Crippen LogP contribution in [-0.2, 0) is 0 Å². The Morgan fingerprint density at radius 2 is 1.26 bits per heavy atom. The second-order valence-corrected chi connectivity index (χ2v) is 12.2. The van der Waals surface area contributed by atoms with Gasteiger partial charge >= 0.3 is 0 Å². The molecule has 8 aromatic rings. The van der Waals surface area contributed by atoms with Crippen LogP contribution >= 0.6 is 27.3 Å². The van der Waals surface area contributed by atoms with E-state index in [1.807, 2.05) is 47.9 Å². The predicted molar refractivity (Wildman–Crippen MR) is 180 cm³/mol. The summed E-state index contributed by atoms with van der Waals surface area (Å²) in [7, 11) is 0. The van der Waals surface area contributed by atoms with Gasteiger partial charge in [0.05, 0.1) is 16.9 Å². The standard InChI is InChI=1S/C37H22BrN3S/c38-27-19-25(28-11-6-13-32-29(28)12-7-17-39-32)18-26(20-27)34-22-33(40-37(41-34)23-8-2-1-3-9-23)24-15-16-31-30-10-4-5-14-35(30)42-36(31)21-24/h1-22H. The summed E-state index contributed by atoms with van der Waals surface area (Å²) in [4.78, 5) is 14.7. The van der Waals surface area contributed by atoms with Crippen LogP contribution in [0.1, 0.15) is 0 Å². The quantitative estimate of drug-likeness (QED) is 0.197. The summed E-state index contributed by atoms with van der Waals surface area (Å²) in [5.74, 6) is 0.704. The van der Waals surface area contributed by atoms with Crippen LogP contribution < -0.4 is 0 Å². The Hall–Kier alpha value is -4.71. The van der Waals surface area contributed by atoms with Gasteiger partial charge in [0, 0.05) is 52.9 Å². The van der Waals surface area contributed by atoms with Gasteiger partial charge in [0.2, 0.25) is 0 Å². The average Bonchev–Trinajstić information content (AvgIpc) is 3.42. The normalized spacial score (nSPS) is 11.5. The van der Waals surface area contributed by atoms with Gasteiger partial charge in [0.1, 0.15) is 0 Å². The highest BCUT2D eigenvalue weighted by atomic mass is 79.9. The van der Waals surface area contributed by atoms with Crippen LogP contribution in [0.4, 0.5) is 0 Å². The molecule has 0 saturated heterocycles. The first kappa shape index (κ1) is 25.0. The third-order valence-electron chi connectivity index (χ3n) is 7.58. The van der Waals surface area contributed by atoms with Crippen LogP contribution in [0.5, 0.6) is 0 Å². The first-order valence-electron chi connectivity index (χ1n) is 13.7. The maximum atomic E-state index is 5.09. The first-order chi connectivity index (χ1) is 20.7. The molecular formula is C37H22BrN3S. The van der Waals surface area contributed by atoms with Gasteiger partial charge in [0.25, 0.3) is 0 Å². The fourth-order valence-electron chi connectivity index (χ4n) is 5.59. The van der Waals surface area contributed by atoms with Gasteiger partial charge in [-0.1, -0.05) is 94.8 Å². The molecule has 0 radical (unpaired) electrons. The third-order valence-corrected chi connectivity index (χ3v) is 9.17. The van der Waals surface area contributed by atoms with Crippen LogP contribution in [0.3, 0.4) is 0 Å². The number of hydrogen-bond donors (Lipinski definition) is 0. The lowest BCUT2D eigenvalue weighted by atomic mass is 9.97. The van der Waals surface area contributed by atoms with Crippen molar-refractivity contribution in [3.05, 3.63) is 138 Å². The maximum Gasteiger partial charge on any atom is 0.160 e. The molecule has 0 amide bonds. The third kappa shape index (κ3) is 4.48. The molecule has 8 rings (SSSR count). The lowest BCUT2D eigenvalue weighted by molar-refractivity contribution is 1.18. The Labute approximate surface area is 255 Å². The Balaban J connectivity index is 1.32. The highest BCUT2D eigenvalue weighted by Gasteiger charge is 2.14. The lowest BCUT2D eigenvalue weighted by Gasteiger charge is -2.12. The first-order valence-corrected chi connectivity index (χ1v) is 15.3. The van der Waals surface area contributed by atoms with Crippen LogP contribution in [0.25, 0.3) is 76.1 Å². The number of halogens is 1. The molecule has 5 heteroatoms. The molecule has 0 unspecified atom stereocenters. The molecule has 0 N–H and O–H groups in total. The fraction of sp³-hybridized carbons (Fsp3) is 0. The largest absolute Gasteiger partial charge is 0.256 e. The molecule has 0 spiro atoms. The van der Waals surface area contributed by atoms with E-state index >= 15 is 0 Å². The zero-order chi connectivity index (χ0) is 28.0. The van der Waals surface area contributed by atoms with Gasteiger partial charge in [-0.25, -0.2) is 9.97 Å². The molecule has 5 aromatic carbocycles. The van der Waals surface area contributed by atoms with E-state index in [1.165, 1.54) is 20.2 Å². The zero-order valence-electron chi connectivity index (χ0n) is 22.3. The molecule has 0 atom stereocenters. The SMILES string of the molecule is Brc1cc(-c2cc(-c3ccc4c(c3)sc3ccccc34)nc(-c3ccccc3)n2)cc(-c2cccc3ncccc23)c1. The van der Waals surface area contributed by atoms with E-state index in [9.17, 15) is 0 Å². The number of aromatic nitrogens is 3. The average molecular weight is 621 g/mol. The van der Waals surface area contributed by atoms with E-state index < -0.39 is 0 Å². The molecule has 3 aromatic heterocycles. The molecule has 0 aliphatic carbocycles. The molecule has 198 valence electrons. The second kappa shape index (κ2) is 10.3. The van der Waals surface area contributed by atoms with Crippen LogP contribution in [0.2, 0.25) is 0 Å². The number of rotatable bonds is 4. The van der Waals surface area contributed by atoms with Crippen molar-refractivity contribution in [2.75, 3.05) is 0 Å². The summed E-state index contributed by atoms with van der Waals surface area (Å²) < 4.78 is 3.54. The summed E-state index contributed by atoms with van der Waals surface area (Å²) in [6, 6.07) is 44.4. The van der Waals surface area contributed by atoms with E-state index in [-0.39, 0.29) is 0 Å². The van der Waals surface area contributed by atoms with E-state index in [4.69, 9.17) is 9.97 Å². The van der Waals surface area contributed by atoms with Crippen molar-refractivity contribution < 1.29 is 0 Å². The van der Waals surface area contributed by atoms with Crippen molar-refractivity contribution in [2.24, 2.45) is 0 Å². The van der Waals surface area contributed by atoms with Crippen molar-refractivity contribution >= 4 is 58.3 Å². The highest BCUT2D eigenvalue weighted by molar-refractivity contribution is 9.10. The van der Waals surface area contributed by atoms with Crippen molar-refractivity contribution in [3.8, 4) is 45.0 Å². The van der Waals surface area contributed by atoms with E-state index in [1.54, 1.807) is 0 Å². The van der Waals surface area contributed by atoms with Gasteiger partial charge in [-0.05, 0) is 59.7 Å². The van der Waals surface area contributed by atoms with E-state index in [0.717, 1.165) is 54.6 Å². The second-order valence-electron chi connectivity index (χ2n) is 10.2. The topological polar surface area (TPSA) is 38.7 Å². The number of benzene rings is 5. The summed E-state index contributed by atoms with van der Waals surface area (Å²) >= 11 is 5.60. The molecule has 0 aliphatic rings. The summed E-state index contributed by atoms with van der Waals surface area (Å²) in [5.41, 5.74) is 8.06. The molecule has 3 nitrogen and oxygen atoms in total. The number of nitrogens with zero attached hydrogens (tertiary/aromatic N) is 3. The lowest BCUT2D eigenvalue weighted by Crippen LogP contribution is -1.96. The predicted octanol–water partition coefficient (Wildman–Crippen LogP) is 10.8.